The van der Waals surface area contributed by atoms with Gasteiger partial charge < -0.3 is 5.32 Å². The van der Waals surface area contributed by atoms with Crippen molar-refractivity contribution in [1.82, 2.24) is 15.3 Å². The van der Waals surface area contributed by atoms with Crippen LogP contribution in [0.5, 0.6) is 0 Å². The number of nitrogens with zero attached hydrogens (tertiary/aromatic N) is 2. The molecule has 1 N–H and O–H groups in total. The highest BCUT2D eigenvalue weighted by atomic mass is 79.9. The summed E-state index contributed by atoms with van der Waals surface area (Å²) in [4.78, 5) is 9.32. The van der Waals surface area contributed by atoms with Crippen molar-refractivity contribution in [3.63, 3.8) is 0 Å². The molecule has 0 spiro atoms. The monoisotopic (exact) mass is 331 g/mol. The van der Waals surface area contributed by atoms with Crippen molar-refractivity contribution in [2.45, 2.75) is 32.7 Å². The fourth-order valence-corrected chi connectivity index (χ4v) is 3.16. The molecule has 2 aromatic rings. The van der Waals surface area contributed by atoms with E-state index in [2.05, 4.69) is 57.4 Å². The molecule has 0 saturated heterocycles. The zero-order valence-electron chi connectivity index (χ0n) is 11.6. The van der Waals surface area contributed by atoms with Crippen LogP contribution in [-0.4, -0.2) is 16.5 Å². The first-order chi connectivity index (χ1) is 9.72. The predicted molar refractivity (Wildman–Crippen MR) is 83.7 cm³/mol. The molecular weight excluding hydrogens is 314 g/mol. The van der Waals surface area contributed by atoms with Crippen LogP contribution in [0.3, 0.4) is 0 Å². The Balaban J connectivity index is 1.76. The van der Waals surface area contributed by atoms with Gasteiger partial charge in [0, 0.05) is 31.5 Å². The van der Waals surface area contributed by atoms with E-state index < -0.39 is 0 Å². The summed E-state index contributed by atoms with van der Waals surface area (Å²) in [6.07, 6.45) is 2.88. The molecule has 3 nitrogen and oxygen atoms in total. The van der Waals surface area contributed by atoms with Gasteiger partial charge in [0.15, 0.2) is 0 Å². The summed E-state index contributed by atoms with van der Waals surface area (Å²) in [5, 5.41) is 3.36. The normalized spacial score (nSPS) is 14.1. The van der Waals surface area contributed by atoms with Gasteiger partial charge >= 0.3 is 0 Å². The molecule has 20 heavy (non-hydrogen) atoms. The van der Waals surface area contributed by atoms with E-state index >= 15 is 0 Å². The summed E-state index contributed by atoms with van der Waals surface area (Å²) in [5.74, 6) is 0.944. The molecule has 2 heterocycles. The zero-order valence-corrected chi connectivity index (χ0v) is 13.2. The maximum absolute atomic E-state index is 4.73. The van der Waals surface area contributed by atoms with Crippen LogP contribution in [0.25, 0.3) is 0 Å². The van der Waals surface area contributed by atoms with Gasteiger partial charge in [-0.3, -0.25) is 0 Å². The molecule has 0 fully saturated rings. The lowest BCUT2D eigenvalue weighted by molar-refractivity contribution is 0.615. The fourth-order valence-electron chi connectivity index (χ4n) is 2.59. The molecule has 1 aliphatic rings. The second-order valence-electron chi connectivity index (χ2n) is 5.27. The van der Waals surface area contributed by atoms with Crippen LogP contribution >= 0.6 is 15.9 Å². The molecule has 1 aliphatic heterocycles. The number of benzene rings is 1. The lowest BCUT2D eigenvalue weighted by Crippen LogP contribution is -2.26. The third-order valence-corrected chi connectivity index (χ3v) is 4.30. The van der Waals surface area contributed by atoms with Gasteiger partial charge in [0.05, 0.1) is 5.69 Å². The van der Waals surface area contributed by atoms with E-state index in [9.17, 15) is 0 Å². The van der Waals surface area contributed by atoms with E-state index in [1.807, 2.05) is 0 Å². The third-order valence-electron chi connectivity index (χ3n) is 3.65. The Labute approximate surface area is 128 Å². The second kappa shape index (κ2) is 6.02. The van der Waals surface area contributed by atoms with Crippen LogP contribution in [-0.2, 0) is 25.8 Å². The second-order valence-corrected chi connectivity index (χ2v) is 6.02. The van der Waals surface area contributed by atoms with Gasteiger partial charge in [-0.05, 0) is 34.8 Å². The number of hydrogen-bond donors (Lipinski definition) is 1. The maximum Gasteiger partial charge on any atom is 0.130 e. The van der Waals surface area contributed by atoms with Gasteiger partial charge in [0.1, 0.15) is 10.4 Å². The number of halogens is 1. The van der Waals surface area contributed by atoms with Crippen molar-refractivity contribution < 1.29 is 0 Å². The minimum Gasteiger partial charge on any atom is -0.312 e. The Morgan fingerprint density at radius 3 is 3.00 bits per heavy atom. The minimum atomic E-state index is 0.869. The van der Waals surface area contributed by atoms with E-state index in [4.69, 9.17) is 4.98 Å². The van der Waals surface area contributed by atoms with Gasteiger partial charge in [-0.25, -0.2) is 9.97 Å². The van der Waals surface area contributed by atoms with Crippen LogP contribution in [0.15, 0.2) is 28.9 Å². The van der Waals surface area contributed by atoms with Crippen molar-refractivity contribution in [1.29, 1.82) is 0 Å². The first-order valence-electron chi connectivity index (χ1n) is 7.03. The van der Waals surface area contributed by atoms with Crippen molar-refractivity contribution in [3.8, 4) is 0 Å². The first kappa shape index (κ1) is 13.7. The van der Waals surface area contributed by atoms with Crippen LogP contribution < -0.4 is 5.32 Å². The Bertz CT molecular complexity index is 625. The Kier molecular flexibility index (Phi) is 4.13. The molecule has 0 atom stereocenters. The molecule has 3 rings (SSSR count). The van der Waals surface area contributed by atoms with Crippen molar-refractivity contribution >= 4 is 15.9 Å². The highest BCUT2D eigenvalue weighted by molar-refractivity contribution is 9.10. The number of nitrogens with one attached hydrogen (secondary N) is 1. The van der Waals surface area contributed by atoms with Gasteiger partial charge in [-0.2, -0.15) is 0 Å². The SMILES string of the molecule is Cc1cccc(CCc2nc(Br)c3c(n2)CCNC3)c1. The molecule has 0 radical (unpaired) electrons. The zero-order chi connectivity index (χ0) is 13.9. The smallest absolute Gasteiger partial charge is 0.130 e. The lowest BCUT2D eigenvalue weighted by atomic mass is 10.1. The Morgan fingerprint density at radius 2 is 2.15 bits per heavy atom. The number of aromatic nitrogens is 2. The van der Waals surface area contributed by atoms with Crippen LogP contribution in [0, 0.1) is 6.92 Å². The van der Waals surface area contributed by atoms with Crippen LogP contribution in [0.4, 0.5) is 0 Å². The number of fused-ring (bicyclic) bond motifs is 1. The Morgan fingerprint density at radius 1 is 1.25 bits per heavy atom. The summed E-state index contributed by atoms with van der Waals surface area (Å²) >= 11 is 3.58. The summed E-state index contributed by atoms with van der Waals surface area (Å²) in [6.45, 7) is 4.00. The van der Waals surface area contributed by atoms with E-state index in [1.165, 1.54) is 22.4 Å². The van der Waals surface area contributed by atoms with E-state index in [1.54, 1.807) is 0 Å². The minimum absolute atomic E-state index is 0.869. The molecule has 0 unspecified atom stereocenters. The van der Waals surface area contributed by atoms with Gasteiger partial charge in [0.2, 0.25) is 0 Å². The molecule has 0 amide bonds. The topological polar surface area (TPSA) is 37.8 Å². The average molecular weight is 332 g/mol. The first-order valence-corrected chi connectivity index (χ1v) is 7.82. The van der Waals surface area contributed by atoms with Gasteiger partial charge in [-0.15, -0.1) is 0 Å². The summed E-state index contributed by atoms with van der Waals surface area (Å²) < 4.78 is 0.953. The van der Waals surface area contributed by atoms with E-state index in [0.29, 0.717) is 0 Å². The molecular formula is C16H18BrN3. The lowest BCUT2D eigenvalue weighted by Gasteiger charge is -2.17. The van der Waals surface area contributed by atoms with Crippen LogP contribution in [0.1, 0.15) is 28.2 Å². The van der Waals surface area contributed by atoms with Gasteiger partial charge in [0.25, 0.3) is 0 Å². The number of hydrogen-bond acceptors (Lipinski definition) is 3. The van der Waals surface area contributed by atoms with E-state index in [-0.39, 0.29) is 0 Å². The molecule has 1 aromatic carbocycles. The van der Waals surface area contributed by atoms with Crippen LogP contribution in [0.2, 0.25) is 0 Å². The summed E-state index contributed by atoms with van der Waals surface area (Å²) in [5.41, 5.74) is 5.07. The largest absolute Gasteiger partial charge is 0.312 e. The molecule has 1 aromatic heterocycles. The van der Waals surface area contributed by atoms with Gasteiger partial charge in [-0.1, -0.05) is 29.8 Å². The highest BCUT2D eigenvalue weighted by Gasteiger charge is 2.15. The fraction of sp³-hybridized carbons (Fsp3) is 0.375. The molecule has 4 heteroatoms. The molecule has 0 aliphatic carbocycles. The molecule has 104 valence electrons. The third kappa shape index (κ3) is 3.07. The number of aryl methyl sites for hydroxylation is 3. The average Bonchev–Trinajstić information content (AvgIpc) is 2.45. The predicted octanol–water partition coefficient (Wildman–Crippen LogP) is 2.98. The van der Waals surface area contributed by atoms with Crippen molar-refractivity contribution in [2.75, 3.05) is 6.54 Å². The Hall–Kier alpha value is -1.26. The molecule has 0 bridgehead atoms. The summed E-state index contributed by atoms with van der Waals surface area (Å²) in [6, 6.07) is 8.64. The quantitative estimate of drug-likeness (QED) is 0.878. The highest BCUT2D eigenvalue weighted by Crippen LogP contribution is 2.21. The summed E-state index contributed by atoms with van der Waals surface area (Å²) in [7, 11) is 0. The molecule has 0 saturated carbocycles. The maximum atomic E-state index is 4.73. The van der Waals surface area contributed by atoms with Crippen molar-refractivity contribution in [2.24, 2.45) is 0 Å². The van der Waals surface area contributed by atoms with Crippen molar-refractivity contribution in [3.05, 3.63) is 57.1 Å². The number of rotatable bonds is 3. The standard InChI is InChI=1S/C16H18BrN3/c1-11-3-2-4-12(9-11)5-6-15-19-14-7-8-18-10-13(14)16(17)20-15/h2-4,9,18H,5-8,10H2,1H3. The van der Waals surface area contributed by atoms with E-state index in [0.717, 1.165) is 42.8 Å².